The van der Waals surface area contributed by atoms with E-state index in [1.807, 2.05) is 4.68 Å². The summed E-state index contributed by atoms with van der Waals surface area (Å²) in [5.74, 6) is 0. The van der Waals surface area contributed by atoms with Crippen LogP contribution in [0.1, 0.15) is 51.9 Å². The van der Waals surface area contributed by atoms with E-state index < -0.39 is 0 Å². The third-order valence-corrected chi connectivity index (χ3v) is 4.33. The SMILES string of the molecule is CCc1nn(CC)c(CN(CCO)C(CC)CC)c1Cl. The maximum Gasteiger partial charge on any atom is 0.0863 e. The molecule has 0 aliphatic rings. The first-order valence-corrected chi connectivity index (χ1v) is 8.09. The molecule has 0 atom stereocenters. The fourth-order valence-corrected chi connectivity index (χ4v) is 3.01. The Labute approximate surface area is 127 Å². The number of aromatic nitrogens is 2. The number of rotatable bonds is 9. The first kappa shape index (κ1) is 17.5. The Morgan fingerprint density at radius 1 is 1.25 bits per heavy atom. The normalized spacial score (nSPS) is 11.8. The number of nitrogens with zero attached hydrogens (tertiary/aromatic N) is 3. The van der Waals surface area contributed by atoms with Crippen LogP contribution >= 0.6 is 11.6 Å². The van der Waals surface area contributed by atoms with Crippen molar-refractivity contribution in [3.8, 4) is 0 Å². The third kappa shape index (κ3) is 3.96. The largest absolute Gasteiger partial charge is 0.395 e. The lowest BCUT2D eigenvalue weighted by molar-refractivity contribution is 0.133. The summed E-state index contributed by atoms with van der Waals surface area (Å²) in [7, 11) is 0. The van der Waals surface area contributed by atoms with Crippen LogP contribution in [0.25, 0.3) is 0 Å². The number of aryl methyl sites for hydroxylation is 2. The van der Waals surface area contributed by atoms with Gasteiger partial charge in [-0.15, -0.1) is 0 Å². The van der Waals surface area contributed by atoms with Crippen LogP contribution in [0.3, 0.4) is 0 Å². The van der Waals surface area contributed by atoms with Gasteiger partial charge in [0.15, 0.2) is 0 Å². The first-order valence-electron chi connectivity index (χ1n) is 7.71. The van der Waals surface area contributed by atoms with Crippen LogP contribution in [-0.2, 0) is 19.5 Å². The highest BCUT2D eigenvalue weighted by atomic mass is 35.5. The monoisotopic (exact) mass is 301 g/mol. The number of aliphatic hydroxyl groups excluding tert-OH is 1. The molecule has 1 heterocycles. The number of aliphatic hydroxyl groups is 1. The fourth-order valence-electron chi connectivity index (χ4n) is 2.68. The summed E-state index contributed by atoms with van der Waals surface area (Å²) in [6.07, 6.45) is 3.01. The minimum absolute atomic E-state index is 0.176. The molecule has 0 saturated carbocycles. The number of halogens is 1. The van der Waals surface area contributed by atoms with Gasteiger partial charge in [0, 0.05) is 25.7 Å². The molecule has 0 fully saturated rings. The van der Waals surface area contributed by atoms with Gasteiger partial charge < -0.3 is 5.11 Å². The van der Waals surface area contributed by atoms with Crippen LogP contribution < -0.4 is 0 Å². The van der Waals surface area contributed by atoms with E-state index in [2.05, 4.69) is 37.7 Å². The van der Waals surface area contributed by atoms with Crippen molar-refractivity contribution in [3.05, 3.63) is 16.4 Å². The molecule has 20 heavy (non-hydrogen) atoms. The molecular formula is C15H28ClN3O. The van der Waals surface area contributed by atoms with Crippen LogP contribution in [0.15, 0.2) is 0 Å². The molecule has 0 aliphatic heterocycles. The third-order valence-electron chi connectivity index (χ3n) is 3.89. The summed E-state index contributed by atoms with van der Waals surface area (Å²) in [6.45, 7) is 11.0. The summed E-state index contributed by atoms with van der Waals surface area (Å²) < 4.78 is 1.99. The molecule has 0 saturated heterocycles. The van der Waals surface area contributed by atoms with Gasteiger partial charge in [0.25, 0.3) is 0 Å². The van der Waals surface area contributed by atoms with E-state index in [4.69, 9.17) is 11.6 Å². The fraction of sp³-hybridized carbons (Fsp3) is 0.800. The minimum atomic E-state index is 0.176. The predicted molar refractivity (Wildman–Crippen MR) is 84.2 cm³/mol. The van der Waals surface area contributed by atoms with Crippen molar-refractivity contribution in [3.63, 3.8) is 0 Å². The highest BCUT2D eigenvalue weighted by Gasteiger charge is 2.21. The molecule has 0 aliphatic carbocycles. The lowest BCUT2D eigenvalue weighted by atomic mass is 10.1. The molecule has 1 aromatic rings. The van der Waals surface area contributed by atoms with Gasteiger partial charge in [-0.05, 0) is 26.2 Å². The van der Waals surface area contributed by atoms with Crippen molar-refractivity contribution in [2.45, 2.75) is 66.1 Å². The predicted octanol–water partition coefficient (Wildman–Crippen LogP) is 3.10. The van der Waals surface area contributed by atoms with Gasteiger partial charge in [0.1, 0.15) is 0 Å². The average Bonchev–Trinajstić information content (AvgIpc) is 2.76. The molecule has 4 nitrogen and oxygen atoms in total. The lowest BCUT2D eigenvalue weighted by Crippen LogP contribution is -2.36. The maximum atomic E-state index is 9.30. The van der Waals surface area contributed by atoms with Crippen molar-refractivity contribution in [1.82, 2.24) is 14.7 Å². The van der Waals surface area contributed by atoms with E-state index in [1.54, 1.807) is 0 Å². The average molecular weight is 302 g/mol. The van der Waals surface area contributed by atoms with E-state index >= 15 is 0 Å². The molecular weight excluding hydrogens is 274 g/mol. The van der Waals surface area contributed by atoms with Crippen molar-refractivity contribution in [1.29, 1.82) is 0 Å². The lowest BCUT2D eigenvalue weighted by Gasteiger charge is -2.30. The molecule has 1 N–H and O–H groups in total. The van der Waals surface area contributed by atoms with Crippen LogP contribution in [0, 0.1) is 0 Å². The molecule has 0 amide bonds. The van der Waals surface area contributed by atoms with E-state index in [-0.39, 0.29) is 6.61 Å². The molecule has 0 aromatic carbocycles. The zero-order chi connectivity index (χ0) is 15.1. The smallest absolute Gasteiger partial charge is 0.0863 e. The van der Waals surface area contributed by atoms with E-state index in [0.29, 0.717) is 12.6 Å². The Kier molecular flexibility index (Phi) is 7.56. The Morgan fingerprint density at radius 2 is 1.90 bits per heavy atom. The van der Waals surface area contributed by atoms with Gasteiger partial charge in [-0.3, -0.25) is 9.58 Å². The second-order valence-corrected chi connectivity index (χ2v) is 5.42. The van der Waals surface area contributed by atoms with Gasteiger partial charge in [-0.1, -0.05) is 32.4 Å². The highest BCUT2D eigenvalue weighted by Crippen LogP contribution is 2.24. The maximum absolute atomic E-state index is 9.30. The first-order chi connectivity index (χ1) is 9.62. The second-order valence-electron chi connectivity index (χ2n) is 5.04. The molecule has 0 unspecified atom stereocenters. The van der Waals surface area contributed by atoms with Gasteiger partial charge in [-0.2, -0.15) is 5.10 Å². The topological polar surface area (TPSA) is 41.3 Å². The van der Waals surface area contributed by atoms with E-state index in [0.717, 1.165) is 48.8 Å². The van der Waals surface area contributed by atoms with Crippen LogP contribution in [-0.4, -0.2) is 39.0 Å². The zero-order valence-electron chi connectivity index (χ0n) is 13.2. The molecule has 1 aromatic heterocycles. The van der Waals surface area contributed by atoms with E-state index in [9.17, 15) is 5.11 Å². The van der Waals surface area contributed by atoms with Crippen molar-refractivity contribution in [2.75, 3.05) is 13.2 Å². The second kappa shape index (κ2) is 8.65. The summed E-state index contributed by atoms with van der Waals surface area (Å²) in [5.41, 5.74) is 2.04. The van der Waals surface area contributed by atoms with E-state index in [1.165, 1.54) is 0 Å². The van der Waals surface area contributed by atoms with Crippen molar-refractivity contribution >= 4 is 11.6 Å². The quantitative estimate of drug-likeness (QED) is 0.762. The van der Waals surface area contributed by atoms with Gasteiger partial charge in [-0.25, -0.2) is 0 Å². The molecule has 0 radical (unpaired) electrons. The van der Waals surface area contributed by atoms with Crippen molar-refractivity contribution < 1.29 is 5.11 Å². The van der Waals surface area contributed by atoms with Crippen molar-refractivity contribution in [2.24, 2.45) is 0 Å². The highest BCUT2D eigenvalue weighted by molar-refractivity contribution is 6.31. The van der Waals surface area contributed by atoms with Gasteiger partial charge >= 0.3 is 0 Å². The molecule has 1 rings (SSSR count). The summed E-state index contributed by atoms with van der Waals surface area (Å²) in [5, 5.41) is 14.7. The van der Waals surface area contributed by atoms with Gasteiger partial charge in [0.05, 0.1) is 23.0 Å². The number of hydrogen-bond acceptors (Lipinski definition) is 3. The summed E-state index contributed by atoms with van der Waals surface area (Å²) >= 11 is 6.47. The zero-order valence-corrected chi connectivity index (χ0v) is 13.9. The Morgan fingerprint density at radius 3 is 2.35 bits per heavy atom. The molecule has 0 spiro atoms. The van der Waals surface area contributed by atoms with Crippen LogP contribution in [0.5, 0.6) is 0 Å². The molecule has 116 valence electrons. The Hall–Kier alpha value is -0.580. The Balaban J connectivity index is 3.00. The van der Waals surface area contributed by atoms with Crippen LogP contribution in [0.2, 0.25) is 5.02 Å². The number of hydrogen-bond donors (Lipinski definition) is 1. The summed E-state index contributed by atoms with van der Waals surface area (Å²) in [4.78, 5) is 2.31. The molecule has 5 heteroatoms. The standard InChI is InChI=1S/C15H28ClN3O/c1-5-12(6-2)18(9-10-20)11-14-15(16)13(7-3)17-19(14)8-4/h12,20H,5-11H2,1-4H3. The van der Waals surface area contributed by atoms with Gasteiger partial charge in [0.2, 0.25) is 0 Å². The summed E-state index contributed by atoms with van der Waals surface area (Å²) in [6, 6.07) is 0.475. The van der Waals surface area contributed by atoms with Crippen LogP contribution in [0.4, 0.5) is 0 Å². The molecule has 0 bridgehead atoms. The minimum Gasteiger partial charge on any atom is -0.395 e. The Bertz CT molecular complexity index is 402.